The van der Waals surface area contributed by atoms with E-state index < -0.39 is 17.7 Å². The minimum absolute atomic E-state index is 0.0394. The van der Waals surface area contributed by atoms with Crippen LogP contribution >= 0.6 is 0 Å². The van der Waals surface area contributed by atoms with Gasteiger partial charge in [0.05, 0.1) is 25.3 Å². The first kappa shape index (κ1) is 27.3. The first-order chi connectivity index (χ1) is 19.3. The molecule has 1 saturated heterocycles. The fraction of sp³-hybridized carbons (Fsp3) is 0.333. The number of carbonyl (C=O) groups is 2. The zero-order valence-electron chi connectivity index (χ0n) is 23.3. The van der Waals surface area contributed by atoms with Crippen LogP contribution in [0.1, 0.15) is 55.5 Å². The molecule has 2 heterocycles. The van der Waals surface area contributed by atoms with E-state index in [2.05, 4.69) is 13.8 Å². The Morgan fingerprint density at radius 1 is 1.05 bits per heavy atom. The Morgan fingerprint density at radius 2 is 1.82 bits per heavy atom. The standard InChI is InChI=1S/C33H35NO6/c1-20(2)14-15-39-27-13-10-23(18-28(27)38-4)30-29(31(35)24-11-12-26-25(17-24)16-21(3)40-26)32(36)33(37)34(30)19-22-8-6-5-7-9-22/h5-13,17-18,20-21,30,35H,14-16,19H2,1-4H3/b31-29+. The van der Waals surface area contributed by atoms with Crippen molar-refractivity contribution >= 4 is 17.4 Å². The van der Waals surface area contributed by atoms with E-state index in [9.17, 15) is 14.7 Å². The van der Waals surface area contributed by atoms with Gasteiger partial charge in [-0.25, -0.2) is 0 Å². The van der Waals surface area contributed by atoms with Crippen molar-refractivity contribution in [1.82, 2.24) is 4.90 Å². The number of hydrogen-bond acceptors (Lipinski definition) is 6. The maximum Gasteiger partial charge on any atom is 0.295 e. The zero-order valence-corrected chi connectivity index (χ0v) is 23.3. The Labute approximate surface area is 235 Å². The van der Waals surface area contributed by atoms with Gasteiger partial charge in [-0.05, 0) is 66.3 Å². The number of fused-ring (bicyclic) bond motifs is 1. The largest absolute Gasteiger partial charge is 0.507 e. The van der Waals surface area contributed by atoms with Crippen LogP contribution in [0.4, 0.5) is 0 Å². The van der Waals surface area contributed by atoms with Gasteiger partial charge >= 0.3 is 0 Å². The second-order valence-electron chi connectivity index (χ2n) is 10.8. The van der Waals surface area contributed by atoms with E-state index in [4.69, 9.17) is 14.2 Å². The van der Waals surface area contributed by atoms with Crippen molar-refractivity contribution in [3.8, 4) is 17.2 Å². The molecule has 40 heavy (non-hydrogen) atoms. The number of Topliss-reactive ketones (excluding diaryl/α,β-unsaturated/α-hetero) is 1. The van der Waals surface area contributed by atoms with Crippen LogP contribution in [0.25, 0.3) is 5.76 Å². The van der Waals surface area contributed by atoms with Gasteiger partial charge in [0.1, 0.15) is 17.6 Å². The summed E-state index contributed by atoms with van der Waals surface area (Å²) < 4.78 is 17.4. The number of methoxy groups -OCH3 is 1. The third-order valence-electron chi connectivity index (χ3n) is 7.36. The predicted molar refractivity (Wildman–Crippen MR) is 152 cm³/mol. The molecule has 2 unspecified atom stereocenters. The smallest absolute Gasteiger partial charge is 0.295 e. The van der Waals surface area contributed by atoms with Crippen LogP contribution in [-0.4, -0.2) is 41.5 Å². The summed E-state index contributed by atoms with van der Waals surface area (Å²) in [7, 11) is 1.56. The van der Waals surface area contributed by atoms with E-state index >= 15 is 0 Å². The predicted octanol–water partition coefficient (Wildman–Crippen LogP) is 6.07. The summed E-state index contributed by atoms with van der Waals surface area (Å²) in [5.74, 6) is 0.747. The van der Waals surface area contributed by atoms with Crippen LogP contribution in [0.15, 0.2) is 72.3 Å². The molecule has 3 aromatic carbocycles. The number of rotatable bonds is 9. The molecule has 3 aromatic rings. The molecule has 1 N–H and O–H groups in total. The molecule has 0 aromatic heterocycles. The van der Waals surface area contributed by atoms with Crippen molar-refractivity contribution in [2.24, 2.45) is 5.92 Å². The van der Waals surface area contributed by atoms with Crippen LogP contribution in [0, 0.1) is 5.92 Å². The summed E-state index contributed by atoms with van der Waals surface area (Å²) >= 11 is 0. The van der Waals surface area contributed by atoms with Gasteiger partial charge < -0.3 is 24.2 Å². The zero-order chi connectivity index (χ0) is 28.4. The summed E-state index contributed by atoms with van der Waals surface area (Å²) in [5.41, 5.74) is 2.99. The number of benzene rings is 3. The second kappa shape index (κ2) is 11.5. The molecule has 7 heteroatoms. The molecule has 208 valence electrons. The number of amides is 1. The molecule has 0 bridgehead atoms. The number of aliphatic hydroxyl groups is 1. The summed E-state index contributed by atoms with van der Waals surface area (Å²) in [4.78, 5) is 28.5. The number of hydrogen-bond donors (Lipinski definition) is 1. The SMILES string of the molecule is COc1cc(C2/C(=C(\O)c3ccc4c(c3)CC(C)O4)C(=O)C(=O)N2Cc2ccccc2)ccc1OCCC(C)C. The van der Waals surface area contributed by atoms with Gasteiger partial charge in [-0.15, -0.1) is 0 Å². The highest BCUT2D eigenvalue weighted by Crippen LogP contribution is 2.43. The van der Waals surface area contributed by atoms with Gasteiger partial charge in [0.25, 0.3) is 11.7 Å². The Bertz CT molecular complexity index is 1440. The first-order valence-corrected chi connectivity index (χ1v) is 13.7. The molecule has 1 amide bonds. The maximum atomic E-state index is 13.5. The molecule has 7 nitrogen and oxygen atoms in total. The van der Waals surface area contributed by atoms with Crippen molar-refractivity contribution in [3.63, 3.8) is 0 Å². The highest BCUT2D eigenvalue weighted by atomic mass is 16.5. The summed E-state index contributed by atoms with van der Waals surface area (Å²) in [5, 5.41) is 11.6. The summed E-state index contributed by atoms with van der Waals surface area (Å²) in [6.07, 6.45) is 1.64. The van der Waals surface area contributed by atoms with Gasteiger partial charge in [-0.2, -0.15) is 0 Å². The third-order valence-corrected chi connectivity index (χ3v) is 7.36. The first-order valence-electron chi connectivity index (χ1n) is 13.7. The second-order valence-corrected chi connectivity index (χ2v) is 10.8. The number of carbonyl (C=O) groups excluding carboxylic acids is 2. The lowest BCUT2D eigenvalue weighted by Gasteiger charge is -2.26. The quantitative estimate of drug-likeness (QED) is 0.201. The average molecular weight is 542 g/mol. The minimum Gasteiger partial charge on any atom is -0.507 e. The van der Waals surface area contributed by atoms with Gasteiger partial charge in [0.15, 0.2) is 11.5 Å². The highest BCUT2D eigenvalue weighted by molar-refractivity contribution is 6.46. The van der Waals surface area contributed by atoms with Gasteiger partial charge in [-0.3, -0.25) is 9.59 Å². The number of nitrogens with zero attached hydrogens (tertiary/aromatic N) is 1. The van der Waals surface area contributed by atoms with Crippen LogP contribution < -0.4 is 14.2 Å². The number of ketones is 1. The molecular weight excluding hydrogens is 506 g/mol. The van der Waals surface area contributed by atoms with Crippen LogP contribution in [0.5, 0.6) is 17.2 Å². The van der Waals surface area contributed by atoms with Crippen molar-refractivity contribution < 1.29 is 28.9 Å². The van der Waals surface area contributed by atoms with Crippen LogP contribution in [0.3, 0.4) is 0 Å². The maximum absolute atomic E-state index is 13.5. The number of aliphatic hydroxyl groups excluding tert-OH is 1. The van der Waals surface area contributed by atoms with E-state index in [1.807, 2.05) is 49.4 Å². The molecule has 1 fully saturated rings. The van der Waals surface area contributed by atoms with E-state index in [1.165, 1.54) is 4.90 Å². The molecule has 0 spiro atoms. The number of ether oxygens (including phenoxy) is 3. The number of likely N-dealkylation sites (tertiary alicyclic amines) is 1. The molecule has 0 aliphatic carbocycles. The fourth-order valence-electron chi connectivity index (χ4n) is 5.27. The van der Waals surface area contributed by atoms with Crippen molar-refractivity contribution in [2.75, 3.05) is 13.7 Å². The van der Waals surface area contributed by atoms with E-state index in [-0.39, 0.29) is 24.0 Å². The lowest BCUT2D eigenvalue weighted by molar-refractivity contribution is -0.140. The van der Waals surface area contributed by atoms with Crippen molar-refractivity contribution in [1.29, 1.82) is 0 Å². The minimum atomic E-state index is -0.817. The Hall–Kier alpha value is -4.26. The lowest BCUT2D eigenvalue weighted by Crippen LogP contribution is -2.29. The van der Waals surface area contributed by atoms with Crippen molar-refractivity contribution in [2.45, 2.75) is 52.3 Å². The lowest BCUT2D eigenvalue weighted by atomic mass is 9.94. The Morgan fingerprint density at radius 3 is 2.55 bits per heavy atom. The average Bonchev–Trinajstić information content (AvgIpc) is 3.44. The van der Waals surface area contributed by atoms with E-state index in [0.717, 1.165) is 23.3 Å². The third kappa shape index (κ3) is 5.41. The molecule has 2 aliphatic heterocycles. The molecule has 5 rings (SSSR count). The Kier molecular flexibility index (Phi) is 7.83. The topological polar surface area (TPSA) is 85.3 Å². The molecule has 2 atom stereocenters. The Balaban J connectivity index is 1.59. The fourth-order valence-corrected chi connectivity index (χ4v) is 5.27. The molecule has 0 saturated carbocycles. The van der Waals surface area contributed by atoms with Crippen LogP contribution in [-0.2, 0) is 22.6 Å². The van der Waals surface area contributed by atoms with E-state index in [1.54, 1.807) is 31.4 Å². The monoisotopic (exact) mass is 541 g/mol. The molecule has 0 radical (unpaired) electrons. The summed E-state index contributed by atoms with van der Waals surface area (Å²) in [6.45, 7) is 7.00. The highest BCUT2D eigenvalue weighted by Gasteiger charge is 2.46. The van der Waals surface area contributed by atoms with Crippen LogP contribution in [0.2, 0.25) is 0 Å². The van der Waals surface area contributed by atoms with Gasteiger partial charge in [-0.1, -0.05) is 50.2 Å². The van der Waals surface area contributed by atoms with Crippen molar-refractivity contribution in [3.05, 3.63) is 94.6 Å². The van der Waals surface area contributed by atoms with Gasteiger partial charge in [0.2, 0.25) is 0 Å². The normalized spacial score (nSPS) is 19.6. The molecular formula is C33H35NO6. The molecule has 2 aliphatic rings. The van der Waals surface area contributed by atoms with E-state index in [0.29, 0.717) is 41.6 Å². The van der Waals surface area contributed by atoms with Gasteiger partial charge in [0, 0.05) is 18.5 Å². The summed E-state index contributed by atoms with van der Waals surface area (Å²) in [6, 6.07) is 19.4.